The lowest BCUT2D eigenvalue weighted by Crippen LogP contribution is -1.89. The number of aromatic nitrogens is 1. The average molecular weight is 262 g/mol. The van der Waals surface area contributed by atoms with E-state index in [9.17, 15) is 0 Å². The van der Waals surface area contributed by atoms with Crippen LogP contribution < -0.4 is 4.74 Å². The third-order valence-corrected chi connectivity index (χ3v) is 3.00. The van der Waals surface area contributed by atoms with E-state index in [4.69, 9.17) is 16.3 Å². The molecule has 0 bridgehead atoms. The third kappa shape index (κ3) is 3.02. The molecule has 0 aliphatic heterocycles. The molecule has 18 heavy (non-hydrogen) atoms. The van der Waals surface area contributed by atoms with Crippen molar-refractivity contribution in [2.75, 3.05) is 7.11 Å². The van der Waals surface area contributed by atoms with Crippen molar-refractivity contribution in [3.8, 4) is 17.0 Å². The van der Waals surface area contributed by atoms with Gasteiger partial charge in [-0.25, -0.2) is 4.98 Å². The Hall–Kier alpha value is -1.54. The molecule has 0 saturated heterocycles. The van der Waals surface area contributed by atoms with Crippen molar-refractivity contribution in [3.63, 3.8) is 0 Å². The summed E-state index contributed by atoms with van der Waals surface area (Å²) in [5, 5.41) is 0.446. The smallest absolute Gasteiger partial charge is 0.214 e. The fraction of sp³-hybridized carbons (Fsp3) is 0.267. The van der Waals surface area contributed by atoms with Crippen LogP contribution in [0.2, 0.25) is 5.15 Å². The Morgan fingerprint density at radius 3 is 2.44 bits per heavy atom. The molecule has 0 spiro atoms. The summed E-state index contributed by atoms with van der Waals surface area (Å²) in [5.41, 5.74) is 3.50. The number of methoxy groups -OCH3 is 1. The van der Waals surface area contributed by atoms with Gasteiger partial charge in [-0.2, -0.15) is 0 Å². The van der Waals surface area contributed by atoms with E-state index in [1.807, 2.05) is 12.1 Å². The highest BCUT2D eigenvalue weighted by atomic mass is 35.5. The minimum absolute atomic E-state index is 0.446. The van der Waals surface area contributed by atoms with Gasteiger partial charge in [0.15, 0.2) is 0 Å². The molecule has 3 heteroatoms. The van der Waals surface area contributed by atoms with Crippen LogP contribution in [-0.4, -0.2) is 12.1 Å². The van der Waals surface area contributed by atoms with E-state index in [2.05, 4.69) is 36.2 Å². The number of hydrogen-bond donors (Lipinski definition) is 0. The zero-order valence-corrected chi connectivity index (χ0v) is 11.4. The van der Waals surface area contributed by atoms with Crippen LogP contribution in [0.1, 0.15) is 18.9 Å². The lowest BCUT2D eigenvalue weighted by molar-refractivity contribution is 0.398. The van der Waals surface area contributed by atoms with Crippen LogP contribution in [0.3, 0.4) is 0 Å². The van der Waals surface area contributed by atoms with Gasteiger partial charge in [-0.3, -0.25) is 0 Å². The first-order chi connectivity index (χ1) is 8.72. The average Bonchev–Trinajstić information content (AvgIpc) is 2.39. The third-order valence-electron chi connectivity index (χ3n) is 2.81. The van der Waals surface area contributed by atoms with Gasteiger partial charge in [0.25, 0.3) is 0 Å². The Labute approximate surface area is 113 Å². The van der Waals surface area contributed by atoms with Gasteiger partial charge < -0.3 is 4.74 Å². The fourth-order valence-corrected chi connectivity index (χ4v) is 2.10. The summed E-state index contributed by atoms with van der Waals surface area (Å²) in [7, 11) is 1.59. The predicted molar refractivity (Wildman–Crippen MR) is 75.2 cm³/mol. The molecule has 0 unspecified atom stereocenters. The normalized spacial score (nSPS) is 10.4. The maximum Gasteiger partial charge on any atom is 0.214 e. The molecule has 0 radical (unpaired) electrons. The Balaban J connectivity index is 2.33. The van der Waals surface area contributed by atoms with E-state index in [-0.39, 0.29) is 0 Å². The molecule has 0 aliphatic rings. The fourth-order valence-electron chi connectivity index (χ4n) is 1.90. The number of hydrogen-bond acceptors (Lipinski definition) is 2. The maximum absolute atomic E-state index is 5.97. The van der Waals surface area contributed by atoms with Crippen LogP contribution in [0.5, 0.6) is 5.88 Å². The molecule has 1 aromatic heterocycles. The van der Waals surface area contributed by atoms with Gasteiger partial charge >= 0.3 is 0 Å². The monoisotopic (exact) mass is 261 g/mol. The van der Waals surface area contributed by atoms with Crippen molar-refractivity contribution in [3.05, 3.63) is 47.1 Å². The highest BCUT2D eigenvalue weighted by molar-refractivity contribution is 6.29. The summed E-state index contributed by atoms with van der Waals surface area (Å²) in [4.78, 5) is 4.07. The predicted octanol–water partition coefficient (Wildman–Crippen LogP) is 4.36. The maximum atomic E-state index is 5.97. The van der Waals surface area contributed by atoms with Crippen LogP contribution >= 0.6 is 11.6 Å². The van der Waals surface area contributed by atoms with Gasteiger partial charge in [-0.15, -0.1) is 0 Å². The molecule has 0 atom stereocenters. The number of ether oxygens (including phenoxy) is 1. The summed E-state index contributed by atoms with van der Waals surface area (Å²) in [6.07, 6.45) is 2.27. The lowest BCUT2D eigenvalue weighted by Gasteiger charge is -2.06. The highest BCUT2D eigenvalue weighted by Crippen LogP contribution is 2.26. The van der Waals surface area contributed by atoms with Crippen LogP contribution in [0, 0.1) is 0 Å². The summed E-state index contributed by atoms with van der Waals surface area (Å²) < 4.78 is 5.12. The van der Waals surface area contributed by atoms with Crippen LogP contribution in [-0.2, 0) is 6.42 Å². The van der Waals surface area contributed by atoms with E-state index >= 15 is 0 Å². The Morgan fingerprint density at radius 1 is 1.11 bits per heavy atom. The number of pyridine rings is 1. The van der Waals surface area contributed by atoms with E-state index < -0.39 is 0 Å². The number of rotatable bonds is 4. The van der Waals surface area contributed by atoms with Crippen molar-refractivity contribution < 1.29 is 4.74 Å². The number of nitrogens with zero attached hydrogens (tertiary/aromatic N) is 1. The molecule has 0 N–H and O–H groups in total. The Morgan fingerprint density at radius 2 is 1.83 bits per heavy atom. The molecule has 94 valence electrons. The highest BCUT2D eigenvalue weighted by Gasteiger charge is 2.04. The molecule has 0 saturated carbocycles. The van der Waals surface area contributed by atoms with Gasteiger partial charge in [0, 0.05) is 6.07 Å². The van der Waals surface area contributed by atoms with Gasteiger partial charge in [0.05, 0.1) is 7.11 Å². The zero-order valence-electron chi connectivity index (χ0n) is 10.6. The largest absolute Gasteiger partial charge is 0.481 e. The molecule has 2 rings (SSSR count). The molecule has 2 aromatic rings. The van der Waals surface area contributed by atoms with Gasteiger partial charge in [-0.1, -0.05) is 49.2 Å². The van der Waals surface area contributed by atoms with E-state index in [1.54, 1.807) is 7.11 Å². The first-order valence-corrected chi connectivity index (χ1v) is 6.41. The van der Waals surface area contributed by atoms with Crippen molar-refractivity contribution in [1.82, 2.24) is 4.98 Å². The molecule has 0 aliphatic carbocycles. The summed E-state index contributed by atoms with van der Waals surface area (Å²) in [6.45, 7) is 2.18. The summed E-state index contributed by atoms with van der Waals surface area (Å²) in [6, 6.07) is 12.3. The summed E-state index contributed by atoms with van der Waals surface area (Å²) >= 11 is 5.97. The first kappa shape index (κ1) is 12.9. The van der Waals surface area contributed by atoms with Crippen molar-refractivity contribution in [2.24, 2.45) is 0 Å². The van der Waals surface area contributed by atoms with Crippen molar-refractivity contribution in [2.45, 2.75) is 19.8 Å². The molecule has 0 fully saturated rings. The lowest BCUT2D eigenvalue weighted by atomic mass is 10.0. The zero-order chi connectivity index (χ0) is 13.0. The van der Waals surface area contributed by atoms with Crippen LogP contribution in [0.25, 0.3) is 11.1 Å². The van der Waals surface area contributed by atoms with Crippen LogP contribution in [0.15, 0.2) is 36.4 Å². The number of benzene rings is 1. The first-order valence-electron chi connectivity index (χ1n) is 6.04. The second-order valence-corrected chi connectivity index (χ2v) is 4.56. The minimum Gasteiger partial charge on any atom is -0.481 e. The molecule has 2 nitrogen and oxygen atoms in total. The Bertz CT molecular complexity index is 523. The number of halogens is 1. The molecule has 1 aromatic carbocycles. The topological polar surface area (TPSA) is 22.1 Å². The quantitative estimate of drug-likeness (QED) is 0.763. The minimum atomic E-state index is 0.446. The molecule has 0 amide bonds. The SMILES string of the molecule is CCCc1ccc(-c2cc(Cl)nc(OC)c2)cc1. The van der Waals surface area contributed by atoms with Gasteiger partial charge in [0.2, 0.25) is 5.88 Å². The van der Waals surface area contributed by atoms with Crippen molar-refractivity contribution >= 4 is 11.6 Å². The van der Waals surface area contributed by atoms with E-state index in [0.29, 0.717) is 11.0 Å². The van der Waals surface area contributed by atoms with Gasteiger partial charge in [0.1, 0.15) is 5.15 Å². The van der Waals surface area contributed by atoms with Gasteiger partial charge in [-0.05, 0) is 29.2 Å². The van der Waals surface area contributed by atoms with Crippen molar-refractivity contribution in [1.29, 1.82) is 0 Å². The summed E-state index contributed by atoms with van der Waals surface area (Å²) in [5.74, 6) is 0.537. The van der Waals surface area contributed by atoms with E-state index in [1.165, 1.54) is 5.56 Å². The number of aryl methyl sites for hydroxylation is 1. The molecular weight excluding hydrogens is 246 g/mol. The second kappa shape index (κ2) is 5.87. The van der Waals surface area contributed by atoms with Crippen LogP contribution in [0.4, 0.5) is 0 Å². The second-order valence-electron chi connectivity index (χ2n) is 4.17. The standard InChI is InChI=1S/C15H16ClNO/c1-3-4-11-5-7-12(8-6-11)13-9-14(16)17-15(10-13)18-2/h5-10H,3-4H2,1-2H3. The van der Waals surface area contributed by atoms with E-state index in [0.717, 1.165) is 24.0 Å². The molecule has 1 heterocycles. The Kier molecular flexibility index (Phi) is 4.21. The molecular formula is C15H16ClNO.